The molecule has 2 aromatic heterocycles. The first-order valence-corrected chi connectivity index (χ1v) is 8.64. The summed E-state index contributed by atoms with van der Waals surface area (Å²) in [6, 6.07) is 8.01. The molecule has 1 fully saturated rings. The minimum atomic E-state index is 0.265. The Balaban J connectivity index is 1.64. The summed E-state index contributed by atoms with van der Waals surface area (Å²) >= 11 is 5.63. The van der Waals surface area contributed by atoms with E-state index < -0.39 is 0 Å². The second-order valence-electron chi connectivity index (χ2n) is 5.90. The van der Waals surface area contributed by atoms with Crippen molar-refractivity contribution >= 4 is 17.3 Å². The Hall–Kier alpha value is -2.05. The van der Waals surface area contributed by atoms with Gasteiger partial charge in [0.25, 0.3) is 0 Å². The van der Waals surface area contributed by atoms with Crippen LogP contribution in [0.1, 0.15) is 24.0 Å². The Kier molecular flexibility index (Phi) is 6.09. The van der Waals surface area contributed by atoms with Crippen LogP contribution in [0.2, 0.25) is 0 Å². The summed E-state index contributed by atoms with van der Waals surface area (Å²) in [5.74, 6) is 0. The first-order chi connectivity index (χ1) is 11.8. The zero-order valence-electron chi connectivity index (χ0n) is 13.6. The van der Waals surface area contributed by atoms with Gasteiger partial charge in [-0.05, 0) is 48.3 Å². The van der Waals surface area contributed by atoms with Gasteiger partial charge < -0.3 is 15.0 Å². The number of nitrogens with one attached hydrogen (secondary N) is 1. The fourth-order valence-electron chi connectivity index (χ4n) is 2.74. The molecule has 0 aliphatic carbocycles. The van der Waals surface area contributed by atoms with Crippen LogP contribution in [-0.4, -0.2) is 39.2 Å². The molecule has 0 bridgehead atoms. The molecular weight excluding hydrogens is 320 g/mol. The molecule has 0 saturated carbocycles. The average molecular weight is 342 g/mol. The van der Waals surface area contributed by atoms with E-state index in [0.29, 0.717) is 13.1 Å². The standard InChI is InChI=1S/C18H22N4OS/c24-18(21-12-17-6-3-9-23-17)22(13-15-4-1-7-19-10-15)14-16-5-2-8-20-11-16/h1-2,4-5,7-8,10-11,17H,3,6,9,12-14H2,(H,21,24)/t17-/m1/s1. The highest BCUT2D eigenvalue weighted by atomic mass is 32.1. The van der Waals surface area contributed by atoms with E-state index in [2.05, 4.69) is 32.3 Å². The molecule has 0 unspecified atom stereocenters. The minimum absolute atomic E-state index is 0.265. The van der Waals surface area contributed by atoms with Crippen LogP contribution in [0.15, 0.2) is 49.1 Å². The van der Waals surface area contributed by atoms with Gasteiger partial charge in [-0.25, -0.2) is 0 Å². The van der Waals surface area contributed by atoms with Crippen molar-refractivity contribution in [3.8, 4) is 0 Å². The first-order valence-electron chi connectivity index (χ1n) is 8.23. The number of hydrogen-bond donors (Lipinski definition) is 1. The monoisotopic (exact) mass is 342 g/mol. The molecule has 6 heteroatoms. The van der Waals surface area contributed by atoms with E-state index in [1.807, 2.05) is 24.5 Å². The van der Waals surface area contributed by atoms with Crippen LogP contribution in [0.5, 0.6) is 0 Å². The summed E-state index contributed by atoms with van der Waals surface area (Å²) in [7, 11) is 0. The average Bonchev–Trinajstić information content (AvgIpc) is 3.14. The third kappa shape index (κ3) is 4.97. The summed E-state index contributed by atoms with van der Waals surface area (Å²) in [5.41, 5.74) is 2.25. The van der Waals surface area contributed by atoms with Crippen LogP contribution < -0.4 is 5.32 Å². The number of nitrogens with zero attached hydrogens (tertiary/aromatic N) is 3. The maximum absolute atomic E-state index is 5.66. The molecular formula is C18H22N4OS. The van der Waals surface area contributed by atoms with Gasteiger partial charge in [-0.2, -0.15) is 0 Å². The molecule has 1 saturated heterocycles. The van der Waals surface area contributed by atoms with Crippen LogP contribution in [0.4, 0.5) is 0 Å². The zero-order valence-corrected chi connectivity index (χ0v) is 14.4. The van der Waals surface area contributed by atoms with Crippen molar-refractivity contribution in [1.29, 1.82) is 0 Å². The number of rotatable bonds is 6. The van der Waals surface area contributed by atoms with Crippen LogP contribution in [0, 0.1) is 0 Å². The fraction of sp³-hybridized carbons (Fsp3) is 0.389. The Morgan fingerprint density at radius 3 is 2.33 bits per heavy atom. The molecule has 3 heterocycles. The second-order valence-corrected chi connectivity index (χ2v) is 6.29. The predicted octanol–water partition coefficient (Wildman–Crippen LogP) is 2.53. The highest BCUT2D eigenvalue weighted by molar-refractivity contribution is 7.80. The topological polar surface area (TPSA) is 50.3 Å². The van der Waals surface area contributed by atoms with E-state index >= 15 is 0 Å². The van der Waals surface area contributed by atoms with Crippen LogP contribution in [-0.2, 0) is 17.8 Å². The number of hydrogen-bond acceptors (Lipinski definition) is 4. The lowest BCUT2D eigenvalue weighted by Gasteiger charge is -2.26. The molecule has 126 valence electrons. The van der Waals surface area contributed by atoms with E-state index in [1.54, 1.807) is 12.4 Å². The van der Waals surface area contributed by atoms with Gasteiger partial charge in [0.1, 0.15) is 0 Å². The van der Waals surface area contributed by atoms with Gasteiger partial charge >= 0.3 is 0 Å². The van der Waals surface area contributed by atoms with Crippen LogP contribution >= 0.6 is 12.2 Å². The van der Waals surface area contributed by atoms with Gasteiger partial charge in [0, 0.05) is 51.0 Å². The van der Waals surface area contributed by atoms with Crippen LogP contribution in [0.3, 0.4) is 0 Å². The van der Waals surface area contributed by atoms with Gasteiger partial charge in [-0.15, -0.1) is 0 Å². The summed E-state index contributed by atoms with van der Waals surface area (Å²) < 4.78 is 5.66. The lowest BCUT2D eigenvalue weighted by molar-refractivity contribution is 0.113. The maximum atomic E-state index is 5.66. The molecule has 3 rings (SSSR count). The molecule has 2 aromatic rings. The first kappa shape index (κ1) is 16.8. The summed E-state index contributed by atoms with van der Waals surface area (Å²) in [5, 5.41) is 4.09. The molecule has 0 spiro atoms. The SMILES string of the molecule is S=C(NC[C@H]1CCCO1)N(Cc1cccnc1)Cc1cccnc1. The van der Waals surface area contributed by atoms with E-state index in [9.17, 15) is 0 Å². The Morgan fingerprint density at radius 1 is 1.17 bits per heavy atom. The molecule has 0 aromatic carbocycles. The van der Waals surface area contributed by atoms with Crippen molar-refractivity contribution in [2.45, 2.75) is 32.0 Å². The third-order valence-corrected chi connectivity index (χ3v) is 4.39. The second kappa shape index (κ2) is 8.70. The largest absolute Gasteiger partial charge is 0.376 e. The molecule has 24 heavy (non-hydrogen) atoms. The van der Waals surface area contributed by atoms with Gasteiger partial charge in [-0.1, -0.05) is 12.1 Å². The highest BCUT2D eigenvalue weighted by Gasteiger charge is 2.17. The van der Waals surface area contributed by atoms with Crippen molar-refractivity contribution < 1.29 is 4.74 Å². The maximum Gasteiger partial charge on any atom is 0.169 e. The molecule has 1 aliphatic heterocycles. The molecule has 5 nitrogen and oxygen atoms in total. The van der Waals surface area contributed by atoms with Crippen molar-refractivity contribution in [3.05, 3.63) is 60.2 Å². The Morgan fingerprint density at radius 2 is 1.83 bits per heavy atom. The smallest absolute Gasteiger partial charge is 0.169 e. The van der Waals surface area contributed by atoms with Crippen molar-refractivity contribution in [2.75, 3.05) is 13.2 Å². The van der Waals surface area contributed by atoms with E-state index in [-0.39, 0.29) is 6.10 Å². The van der Waals surface area contributed by atoms with Crippen molar-refractivity contribution in [3.63, 3.8) is 0 Å². The Labute approximate surface area is 148 Å². The summed E-state index contributed by atoms with van der Waals surface area (Å²) in [6.45, 7) is 3.03. The van der Waals surface area contributed by atoms with Crippen molar-refractivity contribution in [2.24, 2.45) is 0 Å². The number of ether oxygens (including phenoxy) is 1. The molecule has 1 aliphatic rings. The summed E-state index contributed by atoms with van der Waals surface area (Å²) in [6.07, 6.45) is 9.81. The molecule has 0 amide bonds. The van der Waals surface area contributed by atoms with Crippen LogP contribution in [0.25, 0.3) is 0 Å². The van der Waals surface area contributed by atoms with E-state index in [1.165, 1.54) is 0 Å². The lowest BCUT2D eigenvalue weighted by atomic mass is 10.2. The number of aromatic nitrogens is 2. The van der Waals surface area contributed by atoms with E-state index in [4.69, 9.17) is 17.0 Å². The normalized spacial score (nSPS) is 16.8. The third-order valence-electron chi connectivity index (χ3n) is 3.98. The molecule has 1 N–H and O–H groups in total. The predicted molar refractivity (Wildman–Crippen MR) is 97.3 cm³/mol. The minimum Gasteiger partial charge on any atom is -0.376 e. The zero-order chi connectivity index (χ0) is 16.6. The molecule has 1 atom stereocenters. The summed E-state index contributed by atoms with van der Waals surface area (Å²) in [4.78, 5) is 10.5. The van der Waals surface area contributed by atoms with Gasteiger partial charge in [0.15, 0.2) is 5.11 Å². The molecule has 0 radical (unpaired) electrons. The van der Waals surface area contributed by atoms with E-state index in [0.717, 1.165) is 42.2 Å². The quantitative estimate of drug-likeness (QED) is 0.814. The lowest BCUT2D eigenvalue weighted by Crippen LogP contribution is -2.42. The fourth-order valence-corrected chi connectivity index (χ4v) is 2.95. The number of thiocarbonyl (C=S) groups is 1. The van der Waals surface area contributed by atoms with Gasteiger partial charge in [-0.3, -0.25) is 9.97 Å². The van der Waals surface area contributed by atoms with Crippen molar-refractivity contribution in [1.82, 2.24) is 20.2 Å². The number of pyridine rings is 2. The van der Waals surface area contributed by atoms with Gasteiger partial charge in [0.2, 0.25) is 0 Å². The Bertz CT molecular complexity index is 590. The van der Waals surface area contributed by atoms with Gasteiger partial charge in [0.05, 0.1) is 6.10 Å². The highest BCUT2D eigenvalue weighted by Crippen LogP contribution is 2.12.